The van der Waals surface area contributed by atoms with Gasteiger partial charge in [0.1, 0.15) is 0 Å². The van der Waals surface area contributed by atoms with Crippen molar-refractivity contribution in [2.45, 2.75) is 38.8 Å². The maximum atomic E-state index is 14.4. The molecule has 0 amide bonds. The molecule has 0 radical (unpaired) electrons. The lowest BCUT2D eigenvalue weighted by Crippen LogP contribution is -2.24. The predicted octanol–water partition coefficient (Wildman–Crippen LogP) is 2.56. The fourth-order valence-corrected chi connectivity index (χ4v) is 2.51. The summed E-state index contributed by atoms with van der Waals surface area (Å²) in [6.45, 7) is 3.77. The van der Waals surface area contributed by atoms with Crippen LogP contribution in [0.4, 0.5) is 10.2 Å². The highest BCUT2D eigenvalue weighted by atomic mass is 19.1. The van der Waals surface area contributed by atoms with Crippen molar-refractivity contribution < 1.29 is 4.39 Å². The van der Waals surface area contributed by atoms with Gasteiger partial charge in [-0.3, -0.25) is 0 Å². The molecule has 0 aromatic carbocycles. The minimum Gasteiger partial charge on any atom is -0.357 e. The Morgan fingerprint density at radius 2 is 2.21 bits per heavy atom. The quantitative estimate of drug-likeness (QED) is 0.855. The highest BCUT2D eigenvalue weighted by molar-refractivity contribution is 5.42. The van der Waals surface area contributed by atoms with Gasteiger partial charge in [-0.15, -0.1) is 0 Å². The van der Waals surface area contributed by atoms with Crippen LogP contribution >= 0.6 is 0 Å². The first-order valence-corrected chi connectivity index (χ1v) is 7.23. The molecule has 3 nitrogen and oxygen atoms in total. The lowest BCUT2D eigenvalue weighted by Gasteiger charge is -2.20. The number of halogens is 1. The highest BCUT2D eigenvalue weighted by Gasteiger charge is 2.34. The van der Waals surface area contributed by atoms with Gasteiger partial charge >= 0.3 is 0 Å². The normalized spacial score (nSPS) is 25.4. The number of hydrogen-bond acceptors (Lipinski definition) is 3. The van der Waals surface area contributed by atoms with Crippen molar-refractivity contribution in [1.29, 1.82) is 0 Å². The predicted molar refractivity (Wildman–Crippen MR) is 74.6 cm³/mol. The van der Waals surface area contributed by atoms with Crippen LogP contribution in [-0.4, -0.2) is 24.6 Å². The minimum atomic E-state index is -0.161. The first-order valence-electron chi connectivity index (χ1n) is 7.23. The van der Waals surface area contributed by atoms with Gasteiger partial charge in [0.25, 0.3) is 0 Å². The van der Waals surface area contributed by atoms with E-state index in [1.165, 1.54) is 19.3 Å². The lowest BCUT2D eigenvalue weighted by molar-refractivity contribution is 0.574. The van der Waals surface area contributed by atoms with Gasteiger partial charge in [0, 0.05) is 37.9 Å². The molecule has 19 heavy (non-hydrogen) atoms. The molecule has 1 aromatic rings. The van der Waals surface area contributed by atoms with Crippen LogP contribution in [0.2, 0.25) is 0 Å². The van der Waals surface area contributed by atoms with Crippen molar-refractivity contribution in [1.82, 2.24) is 10.3 Å². The zero-order valence-electron chi connectivity index (χ0n) is 11.7. The maximum absolute atomic E-state index is 14.4. The van der Waals surface area contributed by atoms with Crippen molar-refractivity contribution >= 4 is 5.82 Å². The monoisotopic (exact) mass is 263 g/mol. The molecule has 2 aliphatic carbocycles. The van der Waals surface area contributed by atoms with Gasteiger partial charge in [-0.05, 0) is 37.2 Å². The van der Waals surface area contributed by atoms with Crippen molar-refractivity contribution in [3.63, 3.8) is 0 Å². The fourth-order valence-electron chi connectivity index (χ4n) is 2.51. The summed E-state index contributed by atoms with van der Waals surface area (Å²) >= 11 is 0. The highest BCUT2D eigenvalue weighted by Crippen LogP contribution is 2.38. The Kier molecular flexibility index (Phi) is 3.44. The van der Waals surface area contributed by atoms with Crippen molar-refractivity contribution in [2.75, 3.05) is 18.5 Å². The fraction of sp³-hybridized carbons (Fsp3) is 0.667. The molecule has 3 rings (SSSR count). The molecule has 1 aromatic heterocycles. The third-order valence-corrected chi connectivity index (χ3v) is 4.26. The molecule has 1 N–H and O–H groups in total. The van der Waals surface area contributed by atoms with Crippen LogP contribution in [0.1, 0.15) is 31.7 Å². The Labute approximate surface area is 114 Å². The van der Waals surface area contributed by atoms with Crippen LogP contribution in [0, 0.1) is 17.7 Å². The van der Waals surface area contributed by atoms with E-state index in [2.05, 4.69) is 17.2 Å². The molecule has 2 saturated carbocycles. The van der Waals surface area contributed by atoms with E-state index in [1.807, 2.05) is 11.9 Å². The number of aromatic nitrogens is 1. The van der Waals surface area contributed by atoms with Gasteiger partial charge in [0.15, 0.2) is 11.6 Å². The molecule has 104 valence electrons. The number of pyridine rings is 1. The topological polar surface area (TPSA) is 28.2 Å². The van der Waals surface area contributed by atoms with Gasteiger partial charge in [0.05, 0.1) is 0 Å². The van der Waals surface area contributed by atoms with E-state index in [-0.39, 0.29) is 5.82 Å². The van der Waals surface area contributed by atoms with Gasteiger partial charge in [0.2, 0.25) is 0 Å². The Bertz CT molecular complexity index is 459. The Balaban J connectivity index is 1.67. The molecule has 1 heterocycles. The summed E-state index contributed by atoms with van der Waals surface area (Å²) < 4.78 is 14.4. The summed E-state index contributed by atoms with van der Waals surface area (Å²) in [6.07, 6.45) is 5.42. The number of nitrogens with zero attached hydrogens (tertiary/aromatic N) is 2. The second-order valence-corrected chi connectivity index (χ2v) is 6.12. The number of anilines is 1. The van der Waals surface area contributed by atoms with Gasteiger partial charge in [-0.25, -0.2) is 9.37 Å². The van der Waals surface area contributed by atoms with E-state index in [0.29, 0.717) is 24.3 Å². The zero-order chi connectivity index (χ0) is 13.4. The Hall–Kier alpha value is -1.16. The van der Waals surface area contributed by atoms with E-state index in [9.17, 15) is 4.39 Å². The van der Waals surface area contributed by atoms with Gasteiger partial charge in [-0.1, -0.05) is 6.92 Å². The summed E-state index contributed by atoms with van der Waals surface area (Å²) in [6, 6.07) is 2.38. The third-order valence-electron chi connectivity index (χ3n) is 4.26. The van der Waals surface area contributed by atoms with Crippen molar-refractivity contribution in [2.24, 2.45) is 11.8 Å². The molecule has 0 aliphatic heterocycles. The van der Waals surface area contributed by atoms with E-state index in [4.69, 9.17) is 0 Å². The van der Waals surface area contributed by atoms with Crippen LogP contribution in [-0.2, 0) is 6.54 Å². The molecule has 2 fully saturated rings. The van der Waals surface area contributed by atoms with Crippen LogP contribution in [0.5, 0.6) is 0 Å². The molecule has 0 saturated heterocycles. The summed E-state index contributed by atoms with van der Waals surface area (Å²) in [7, 11) is 1.94. The van der Waals surface area contributed by atoms with E-state index in [0.717, 1.165) is 18.0 Å². The Morgan fingerprint density at radius 1 is 1.47 bits per heavy atom. The Morgan fingerprint density at radius 3 is 2.84 bits per heavy atom. The minimum absolute atomic E-state index is 0.161. The molecule has 0 spiro atoms. The number of hydrogen-bond donors (Lipinski definition) is 1. The molecule has 2 aliphatic rings. The van der Waals surface area contributed by atoms with Crippen molar-refractivity contribution in [3.8, 4) is 0 Å². The zero-order valence-corrected chi connectivity index (χ0v) is 11.7. The first kappa shape index (κ1) is 12.9. The van der Waals surface area contributed by atoms with Gasteiger partial charge in [-0.2, -0.15) is 0 Å². The summed E-state index contributed by atoms with van der Waals surface area (Å²) in [5.74, 6) is 1.82. The number of rotatable bonds is 6. The summed E-state index contributed by atoms with van der Waals surface area (Å²) in [5.41, 5.74) is 0.729. The molecular weight excluding hydrogens is 241 g/mol. The van der Waals surface area contributed by atoms with E-state index < -0.39 is 0 Å². The standard InChI is InChI=1S/C15H22FN3/c1-10-7-12(10)9-19(2)15-14(16)11(5-6-17-15)8-18-13-3-4-13/h5-6,10,12-13,18H,3-4,7-9H2,1-2H3. The van der Waals surface area contributed by atoms with Crippen LogP contribution in [0.15, 0.2) is 12.3 Å². The van der Waals surface area contributed by atoms with Crippen molar-refractivity contribution in [3.05, 3.63) is 23.6 Å². The second kappa shape index (κ2) is 5.08. The molecular formula is C15H22FN3. The lowest BCUT2D eigenvalue weighted by atomic mass is 10.2. The average molecular weight is 263 g/mol. The van der Waals surface area contributed by atoms with Crippen LogP contribution in [0.25, 0.3) is 0 Å². The van der Waals surface area contributed by atoms with E-state index in [1.54, 1.807) is 12.3 Å². The molecule has 2 unspecified atom stereocenters. The van der Waals surface area contributed by atoms with Gasteiger partial charge < -0.3 is 10.2 Å². The summed E-state index contributed by atoms with van der Waals surface area (Å²) in [5, 5.41) is 3.35. The number of nitrogens with one attached hydrogen (secondary N) is 1. The smallest absolute Gasteiger partial charge is 0.170 e. The largest absolute Gasteiger partial charge is 0.357 e. The van der Waals surface area contributed by atoms with E-state index >= 15 is 0 Å². The molecule has 2 atom stereocenters. The van der Waals surface area contributed by atoms with Crippen LogP contribution < -0.4 is 10.2 Å². The maximum Gasteiger partial charge on any atom is 0.170 e. The second-order valence-electron chi connectivity index (χ2n) is 6.12. The van der Waals surface area contributed by atoms with Crippen LogP contribution in [0.3, 0.4) is 0 Å². The SMILES string of the molecule is CC1CC1CN(C)c1nccc(CNC2CC2)c1F. The summed E-state index contributed by atoms with van der Waals surface area (Å²) in [4.78, 5) is 6.17. The molecule has 0 bridgehead atoms. The molecule has 4 heteroatoms. The average Bonchev–Trinajstić information content (AvgIpc) is 3.28. The first-order chi connectivity index (χ1) is 9.15. The third kappa shape index (κ3) is 3.06.